The molecule has 2 unspecified atom stereocenters. The van der Waals surface area contributed by atoms with E-state index in [1.807, 2.05) is 6.08 Å². The summed E-state index contributed by atoms with van der Waals surface area (Å²) < 4.78 is 32.6. The van der Waals surface area contributed by atoms with E-state index in [1.54, 1.807) is 0 Å². The summed E-state index contributed by atoms with van der Waals surface area (Å²) in [6, 6.07) is -1.07. The summed E-state index contributed by atoms with van der Waals surface area (Å²) >= 11 is 0. The van der Waals surface area contributed by atoms with Crippen LogP contribution in [0.1, 0.15) is 251 Å². The fraction of sp³-hybridized carbons (Fsp3) is 0.857. The summed E-state index contributed by atoms with van der Waals surface area (Å²) in [6.45, 7) is 4.55. The molecule has 0 aromatic rings. The number of allylic oxidation sites excluding steroid dienone is 5. The first-order valence-electron chi connectivity index (χ1n) is 24.2. The molecule has 0 radical (unpaired) electrons. The number of hydrogen-bond acceptors (Lipinski definition) is 4. The van der Waals surface area contributed by atoms with Crippen LogP contribution < -0.4 is 5.32 Å². The highest BCUT2D eigenvalue weighted by Gasteiger charge is 2.24. The Hall–Kier alpha value is -1.44. The zero-order chi connectivity index (χ0) is 41.1. The summed E-state index contributed by atoms with van der Waals surface area (Å²) in [5.74, 6) is -0.997. The third kappa shape index (κ3) is 43.7. The zero-order valence-corrected chi connectivity index (χ0v) is 37.8. The van der Waals surface area contributed by atoms with Crippen LogP contribution >= 0.6 is 0 Å². The van der Waals surface area contributed by atoms with Gasteiger partial charge < -0.3 is 10.4 Å². The molecule has 1 amide bonds. The molecule has 0 aliphatic rings. The minimum absolute atomic E-state index is 0.287. The average Bonchev–Trinajstić information content (AvgIpc) is 3.16. The molecule has 0 aromatic carbocycles. The average molecular weight is 808 g/mol. The number of aliphatic hydroxyl groups excluding tert-OH is 1. The van der Waals surface area contributed by atoms with Crippen LogP contribution in [0, 0.1) is 0 Å². The Bertz CT molecular complexity index is 1020. The first-order chi connectivity index (χ1) is 27.3. The van der Waals surface area contributed by atoms with Crippen molar-refractivity contribution in [1.82, 2.24) is 5.32 Å². The lowest BCUT2D eigenvalue weighted by molar-refractivity contribution is -0.122. The quantitative estimate of drug-likeness (QED) is 0.0323. The number of hydrogen-bond donors (Lipinski definition) is 3. The second kappa shape index (κ2) is 43.1. The third-order valence-corrected chi connectivity index (χ3v) is 11.8. The van der Waals surface area contributed by atoms with Gasteiger partial charge in [0.15, 0.2) is 0 Å². The van der Waals surface area contributed by atoms with Gasteiger partial charge in [-0.25, -0.2) is 0 Å². The molecule has 0 spiro atoms. The zero-order valence-electron chi connectivity index (χ0n) is 37.0. The van der Waals surface area contributed by atoms with Gasteiger partial charge in [0.25, 0.3) is 10.1 Å². The summed E-state index contributed by atoms with van der Waals surface area (Å²) in [7, 11) is -4.36. The van der Waals surface area contributed by atoms with Crippen LogP contribution in [0.5, 0.6) is 0 Å². The Morgan fingerprint density at radius 1 is 0.464 bits per heavy atom. The van der Waals surface area contributed by atoms with E-state index in [2.05, 4.69) is 43.5 Å². The van der Waals surface area contributed by atoms with Crippen LogP contribution in [0.2, 0.25) is 0 Å². The van der Waals surface area contributed by atoms with E-state index in [-0.39, 0.29) is 12.3 Å². The minimum Gasteiger partial charge on any atom is -0.387 e. The molecule has 0 heterocycles. The Labute approximate surface area is 348 Å². The lowest BCUT2D eigenvalue weighted by atomic mass is 10.0. The molecular weight excluding hydrogens is 715 g/mol. The van der Waals surface area contributed by atoms with Gasteiger partial charge in [-0.1, -0.05) is 224 Å². The van der Waals surface area contributed by atoms with E-state index in [9.17, 15) is 22.9 Å². The normalized spacial score (nSPS) is 13.4. The fourth-order valence-electron chi connectivity index (χ4n) is 7.40. The Kier molecular flexibility index (Phi) is 42.0. The second-order valence-corrected chi connectivity index (χ2v) is 18.2. The van der Waals surface area contributed by atoms with E-state index >= 15 is 0 Å². The number of unbranched alkanes of at least 4 members (excludes halogenated alkanes) is 32. The van der Waals surface area contributed by atoms with Crippen molar-refractivity contribution in [2.24, 2.45) is 0 Å². The van der Waals surface area contributed by atoms with Crippen molar-refractivity contribution in [3.8, 4) is 0 Å². The van der Waals surface area contributed by atoms with Gasteiger partial charge in [0, 0.05) is 6.42 Å². The summed E-state index contributed by atoms with van der Waals surface area (Å²) in [5.41, 5.74) is 0. The predicted molar refractivity (Wildman–Crippen MR) is 244 cm³/mol. The van der Waals surface area contributed by atoms with Gasteiger partial charge in [0.2, 0.25) is 5.91 Å². The summed E-state index contributed by atoms with van der Waals surface area (Å²) in [4.78, 5) is 12.6. The van der Waals surface area contributed by atoms with Gasteiger partial charge >= 0.3 is 0 Å². The smallest absolute Gasteiger partial charge is 0.267 e. The number of rotatable bonds is 44. The van der Waals surface area contributed by atoms with Crippen molar-refractivity contribution in [3.05, 3.63) is 36.5 Å². The monoisotopic (exact) mass is 808 g/mol. The molecule has 0 fully saturated rings. The van der Waals surface area contributed by atoms with Gasteiger partial charge in [-0.2, -0.15) is 8.42 Å². The first kappa shape index (κ1) is 54.6. The molecule has 330 valence electrons. The van der Waals surface area contributed by atoms with Crippen LogP contribution in [-0.2, 0) is 14.9 Å². The van der Waals surface area contributed by atoms with Gasteiger partial charge in [-0.3, -0.25) is 9.35 Å². The molecule has 3 N–H and O–H groups in total. The lowest BCUT2D eigenvalue weighted by Crippen LogP contribution is -2.46. The molecule has 7 heteroatoms. The molecule has 56 heavy (non-hydrogen) atoms. The molecule has 0 aromatic heterocycles. The second-order valence-electron chi connectivity index (χ2n) is 16.7. The van der Waals surface area contributed by atoms with Crippen LogP contribution in [0.15, 0.2) is 36.5 Å². The van der Waals surface area contributed by atoms with Crippen molar-refractivity contribution in [2.45, 2.75) is 264 Å². The Balaban J connectivity index is 3.86. The maximum Gasteiger partial charge on any atom is 0.267 e. The number of nitrogens with one attached hydrogen (secondary N) is 1. The standard InChI is InChI=1S/C49H93NO5S/c1-3-5-7-9-11-13-15-17-19-21-23-25-27-29-31-33-35-37-39-41-43-45-49(52)50-47(46-56(53,54)55)48(51)44-42-40-38-36-34-32-30-28-26-24-22-20-18-16-14-12-10-8-6-4-2/h21,23,34,36,42,44,47-48,51H,3-20,22,24-33,35,37-41,43,45-46H2,1-2H3,(H,50,52)(H,53,54,55)/b23-21-,36-34+,44-42+. The van der Waals surface area contributed by atoms with E-state index in [4.69, 9.17) is 0 Å². The molecule has 0 saturated heterocycles. The fourth-order valence-corrected chi connectivity index (χ4v) is 8.14. The number of carbonyl (C=O) groups is 1. The number of amides is 1. The van der Waals surface area contributed by atoms with E-state index < -0.39 is 28.0 Å². The first-order valence-corrected chi connectivity index (χ1v) is 25.8. The van der Waals surface area contributed by atoms with Crippen molar-refractivity contribution >= 4 is 16.0 Å². The number of carbonyl (C=O) groups excluding carboxylic acids is 1. The molecule has 0 aliphatic carbocycles. The molecule has 0 saturated carbocycles. The SMILES string of the molecule is CCCCCCCCCC/C=C\CCCCCCCCCCCC(=O)NC(CS(=O)(=O)O)C(O)/C=C/CC/C=C/CCCCCCCCCCCCCCCC. The molecule has 0 bridgehead atoms. The predicted octanol–water partition coefficient (Wildman–Crippen LogP) is 14.9. The summed E-state index contributed by atoms with van der Waals surface area (Å²) in [6.07, 6.45) is 57.2. The highest BCUT2D eigenvalue weighted by molar-refractivity contribution is 7.85. The lowest BCUT2D eigenvalue weighted by Gasteiger charge is -2.21. The van der Waals surface area contributed by atoms with E-state index in [0.717, 1.165) is 38.5 Å². The highest BCUT2D eigenvalue weighted by atomic mass is 32.2. The maximum absolute atomic E-state index is 12.6. The maximum atomic E-state index is 12.6. The van der Waals surface area contributed by atoms with Crippen LogP contribution in [0.4, 0.5) is 0 Å². The Morgan fingerprint density at radius 2 is 0.768 bits per heavy atom. The largest absolute Gasteiger partial charge is 0.387 e. The van der Waals surface area contributed by atoms with Gasteiger partial charge in [-0.15, -0.1) is 0 Å². The summed E-state index contributed by atoms with van der Waals surface area (Å²) in [5, 5.41) is 13.3. The van der Waals surface area contributed by atoms with Gasteiger partial charge in [-0.05, 0) is 57.8 Å². The molecule has 0 aliphatic heterocycles. The Morgan fingerprint density at radius 3 is 1.12 bits per heavy atom. The third-order valence-electron chi connectivity index (χ3n) is 11.0. The van der Waals surface area contributed by atoms with Crippen molar-refractivity contribution < 1.29 is 22.9 Å². The van der Waals surface area contributed by atoms with Crippen molar-refractivity contribution in [1.29, 1.82) is 0 Å². The highest BCUT2D eigenvalue weighted by Crippen LogP contribution is 2.15. The molecule has 2 atom stereocenters. The van der Waals surface area contributed by atoms with Gasteiger partial charge in [0.05, 0.1) is 17.9 Å². The molecule has 6 nitrogen and oxygen atoms in total. The van der Waals surface area contributed by atoms with E-state index in [0.29, 0.717) is 0 Å². The van der Waals surface area contributed by atoms with Crippen molar-refractivity contribution in [3.63, 3.8) is 0 Å². The van der Waals surface area contributed by atoms with Crippen LogP contribution in [-0.4, -0.2) is 41.9 Å². The molecular formula is C49H93NO5S. The molecule has 0 rings (SSSR count). The van der Waals surface area contributed by atoms with Crippen molar-refractivity contribution in [2.75, 3.05) is 5.75 Å². The van der Waals surface area contributed by atoms with E-state index in [1.165, 1.54) is 199 Å². The van der Waals surface area contributed by atoms with Gasteiger partial charge in [0.1, 0.15) is 0 Å². The van der Waals surface area contributed by atoms with Crippen LogP contribution in [0.3, 0.4) is 0 Å². The topological polar surface area (TPSA) is 104 Å². The minimum atomic E-state index is -4.36. The number of aliphatic hydroxyl groups is 1. The van der Waals surface area contributed by atoms with Crippen LogP contribution in [0.25, 0.3) is 0 Å².